The van der Waals surface area contributed by atoms with Gasteiger partial charge in [-0.2, -0.15) is 0 Å². The summed E-state index contributed by atoms with van der Waals surface area (Å²) in [6.45, 7) is 8.61. The summed E-state index contributed by atoms with van der Waals surface area (Å²) in [5.74, 6) is 2.06. The number of halogens is 1. The van der Waals surface area contributed by atoms with Crippen LogP contribution in [0.2, 0.25) is 0 Å². The summed E-state index contributed by atoms with van der Waals surface area (Å²) >= 11 is 3.42. The van der Waals surface area contributed by atoms with Gasteiger partial charge in [0.15, 0.2) is 0 Å². The van der Waals surface area contributed by atoms with Crippen LogP contribution >= 0.6 is 15.9 Å². The van der Waals surface area contributed by atoms with Crippen LogP contribution in [0.1, 0.15) is 39.3 Å². The van der Waals surface area contributed by atoms with E-state index in [0.29, 0.717) is 0 Å². The van der Waals surface area contributed by atoms with Crippen molar-refractivity contribution in [3.8, 4) is 0 Å². The van der Waals surface area contributed by atoms with Crippen molar-refractivity contribution in [1.82, 2.24) is 14.8 Å². The molecule has 0 N–H and O–H groups in total. The first kappa shape index (κ1) is 10.7. The molecule has 0 radical (unpaired) electrons. The van der Waals surface area contributed by atoms with Crippen LogP contribution in [0.3, 0.4) is 0 Å². The van der Waals surface area contributed by atoms with E-state index in [1.165, 1.54) is 0 Å². The highest BCUT2D eigenvalue weighted by atomic mass is 79.9. The third-order valence-electron chi connectivity index (χ3n) is 1.90. The number of hydrogen-bond donors (Lipinski definition) is 0. The van der Waals surface area contributed by atoms with Crippen molar-refractivity contribution >= 4 is 15.9 Å². The molecule has 0 unspecified atom stereocenters. The number of aromatic nitrogens is 3. The second-order valence-electron chi connectivity index (χ2n) is 4.03. The van der Waals surface area contributed by atoms with Crippen LogP contribution in [0.25, 0.3) is 0 Å². The molecule has 74 valence electrons. The van der Waals surface area contributed by atoms with Crippen LogP contribution in [-0.2, 0) is 17.3 Å². The van der Waals surface area contributed by atoms with Crippen LogP contribution in [0.5, 0.6) is 0 Å². The SMILES string of the molecule is CCc1nnc(CBr)n1C(C)(C)C. The van der Waals surface area contributed by atoms with Crippen LogP contribution < -0.4 is 0 Å². The molecule has 0 bridgehead atoms. The lowest BCUT2D eigenvalue weighted by molar-refractivity contribution is 0.374. The summed E-state index contributed by atoms with van der Waals surface area (Å²) in [5.41, 5.74) is 0.0674. The lowest BCUT2D eigenvalue weighted by Crippen LogP contribution is -2.25. The Labute approximate surface area is 87.7 Å². The molecule has 0 aliphatic rings. The Kier molecular flexibility index (Phi) is 3.11. The second-order valence-corrected chi connectivity index (χ2v) is 4.59. The maximum atomic E-state index is 4.15. The van der Waals surface area contributed by atoms with Crippen LogP contribution in [0.15, 0.2) is 0 Å². The zero-order chi connectivity index (χ0) is 10.1. The van der Waals surface area contributed by atoms with Gasteiger partial charge in [0, 0.05) is 12.0 Å². The average Bonchev–Trinajstić information content (AvgIpc) is 2.45. The molecule has 0 saturated heterocycles. The van der Waals surface area contributed by atoms with Gasteiger partial charge in [-0.1, -0.05) is 22.9 Å². The summed E-state index contributed by atoms with van der Waals surface area (Å²) in [6.07, 6.45) is 0.928. The standard InChI is InChI=1S/C9H16BrN3/c1-5-7-11-12-8(6-10)13(7)9(2,3)4/h5-6H2,1-4H3. The summed E-state index contributed by atoms with van der Waals surface area (Å²) in [7, 11) is 0. The molecule has 1 aromatic rings. The fraction of sp³-hybridized carbons (Fsp3) is 0.778. The number of alkyl halides is 1. The molecule has 0 aliphatic heterocycles. The fourth-order valence-corrected chi connectivity index (χ4v) is 1.81. The van der Waals surface area contributed by atoms with Crippen molar-refractivity contribution < 1.29 is 0 Å². The van der Waals surface area contributed by atoms with E-state index in [-0.39, 0.29) is 5.54 Å². The quantitative estimate of drug-likeness (QED) is 0.750. The minimum absolute atomic E-state index is 0.0674. The Balaban J connectivity index is 3.20. The summed E-state index contributed by atoms with van der Waals surface area (Å²) < 4.78 is 2.20. The molecular weight excluding hydrogens is 230 g/mol. The smallest absolute Gasteiger partial charge is 0.144 e. The van der Waals surface area contributed by atoms with Gasteiger partial charge in [0.05, 0.1) is 5.33 Å². The Morgan fingerprint density at radius 3 is 2.15 bits per heavy atom. The molecule has 0 atom stereocenters. The number of nitrogens with zero attached hydrogens (tertiary/aromatic N) is 3. The first-order valence-electron chi connectivity index (χ1n) is 4.50. The first-order valence-corrected chi connectivity index (χ1v) is 5.62. The second kappa shape index (κ2) is 3.78. The lowest BCUT2D eigenvalue weighted by atomic mass is 10.1. The number of hydrogen-bond acceptors (Lipinski definition) is 2. The van der Waals surface area contributed by atoms with Crippen LogP contribution in [0.4, 0.5) is 0 Å². The third kappa shape index (κ3) is 2.10. The molecule has 3 nitrogen and oxygen atoms in total. The topological polar surface area (TPSA) is 30.7 Å². The van der Waals surface area contributed by atoms with Gasteiger partial charge in [0.2, 0.25) is 0 Å². The molecular formula is C9H16BrN3. The van der Waals surface area contributed by atoms with Crippen LogP contribution in [-0.4, -0.2) is 14.8 Å². The Morgan fingerprint density at radius 2 is 1.77 bits per heavy atom. The van der Waals surface area contributed by atoms with Gasteiger partial charge in [-0.15, -0.1) is 10.2 Å². The van der Waals surface area contributed by atoms with Gasteiger partial charge < -0.3 is 4.57 Å². The molecule has 4 heteroatoms. The third-order valence-corrected chi connectivity index (χ3v) is 2.41. The zero-order valence-electron chi connectivity index (χ0n) is 8.63. The Bertz CT molecular complexity index is 264. The van der Waals surface area contributed by atoms with Gasteiger partial charge in [-0.05, 0) is 20.8 Å². The molecule has 1 heterocycles. The first-order chi connectivity index (χ1) is 6.00. The molecule has 0 spiro atoms. The molecule has 0 saturated carbocycles. The normalized spacial score (nSPS) is 12.1. The minimum Gasteiger partial charge on any atom is -0.309 e. The van der Waals surface area contributed by atoms with Crippen molar-refractivity contribution in [2.45, 2.75) is 45.0 Å². The summed E-state index contributed by atoms with van der Waals surface area (Å²) in [6, 6.07) is 0. The van der Waals surface area contributed by atoms with E-state index in [1.54, 1.807) is 0 Å². The van der Waals surface area contributed by atoms with E-state index in [0.717, 1.165) is 23.4 Å². The van der Waals surface area contributed by atoms with Crippen molar-refractivity contribution in [3.05, 3.63) is 11.6 Å². The van der Waals surface area contributed by atoms with Crippen molar-refractivity contribution in [2.24, 2.45) is 0 Å². The molecule has 0 aromatic carbocycles. The summed E-state index contributed by atoms with van der Waals surface area (Å²) in [4.78, 5) is 0. The van der Waals surface area contributed by atoms with E-state index < -0.39 is 0 Å². The molecule has 0 aliphatic carbocycles. The van der Waals surface area contributed by atoms with E-state index in [4.69, 9.17) is 0 Å². The van der Waals surface area contributed by atoms with Gasteiger partial charge in [-0.3, -0.25) is 0 Å². The highest BCUT2D eigenvalue weighted by Gasteiger charge is 2.20. The Morgan fingerprint density at radius 1 is 1.23 bits per heavy atom. The Hall–Kier alpha value is -0.380. The number of rotatable bonds is 2. The van der Waals surface area contributed by atoms with E-state index in [2.05, 4.69) is 58.4 Å². The van der Waals surface area contributed by atoms with E-state index in [1.807, 2.05) is 0 Å². The average molecular weight is 246 g/mol. The molecule has 1 aromatic heterocycles. The van der Waals surface area contributed by atoms with Gasteiger partial charge >= 0.3 is 0 Å². The number of aryl methyl sites for hydroxylation is 1. The molecule has 0 fully saturated rings. The minimum atomic E-state index is 0.0674. The monoisotopic (exact) mass is 245 g/mol. The predicted molar refractivity (Wildman–Crippen MR) is 57.0 cm³/mol. The maximum Gasteiger partial charge on any atom is 0.144 e. The molecule has 13 heavy (non-hydrogen) atoms. The van der Waals surface area contributed by atoms with Crippen molar-refractivity contribution in [1.29, 1.82) is 0 Å². The molecule has 0 amide bonds. The largest absolute Gasteiger partial charge is 0.309 e. The lowest BCUT2D eigenvalue weighted by Gasteiger charge is -2.24. The van der Waals surface area contributed by atoms with E-state index in [9.17, 15) is 0 Å². The van der Waals surface area contributed by atoms with E-state index >= 15 is 0 Å². The molecule has 1 rings (SSSR count). The highest BCUT2D eigenvalue weighted by molar-refractivity contribution is 9.08. The van der Waals surface area contributed by atoms with Crippen molar-refractivity contribution in [3.63, 3.8) is 0 Å². The van der Waals surface area contributed by atoms with Crippen molar-refractivity contribution in [2.75, 3.05) is 0 Å². The highest BCUT2D eigenvalue weighted by Crippen LogP contribution is 2.20. The maximum absolute atomic E-state index is 4.15. The summed E-state index contributed by atoms with van der Waals surface area (Å²) in [5, 5.41) is 9.05. The predicted octanol–water partition coefficient (Wildman–Crippen LogP) is 2.49. The van der Waals surface area contributed by atoms with Crippen LogP contribution in [0, 0.1) is 0 Å². The van der Waals surface area contributed by atoms with Gasteiger partial charge in [0.1, 0.15) is 11.6 Å². The zero-order valence-corrected chi connectivity index (χ0v) is 10.2. The van der Waals surface area contributed by atoms with Gasteiger partial charge in [0.25, 0.3) is 0 Å². The fourth-order valence-electron chi connectivity index (χ4n) is 1.44. The van der Waals surface area contributed by atoms with Gasteiger partial charge in [-0.25, -0.2) is 0 Å².